The lowest BCUT2D eigenvalue weighted by molar-refractivity contribution is -0.384. The smallest absolute Gasteiger partial charge is 0.270 e. The number of hydrogen-bond donors (Lipinski definition) is 2. The third-order valence-electron chi connectivity index (χ3n) is 7.85. The van der Waals surface area contributed by atoms with Gasteiger partial charge in [0.15, 0.2) is 0 Å². The van der Waals surface area contributed by atoms with Crippen molar-refractivity contribution in [1.29, 1.82) is 0 Å². The molecule has 0 bridgehead atoms. The SMILES string of the molecule is O=C(Nc1cc2c(Nc3ccc(OCc4cccc(F)c4)c(Cl)c3)ncnc2cc1OCCCN1CCOCC1)c1cc([N+](=O)[O-])ccc1F. The molecule has 1 fully saturated rings. The lowest BCUT2D eigenvalue weighted by Crippen LogP contribution is -2.37. The van der Waals surface area contributed by atoms with E-state index in [4.69, 9.17) is 25.8 Å². The van der Waals surface area contributed by atoms with E-state index in [9.17, 15) is 23.7 Å². The third-order valence-corrected chi connectivity index (χ3v) is 8.14. The van der Waals surface area contributed by atoms with Crippen LogP contribution in [0.4, 0.5) is 31.7 Å². The summed E-state index contributed by atoms with van der Waals surface area (Å²) in [6, 6.07) is 17.0. The molecule has 0 radical (unpaired) electrons. The molecule has 0 saturated carbocycles. The first-order chi connectivity index (χ1) is 24.2. The average Bonchev–Trinajstić information content (AvgIpc) is 3.10. The molecule has 5 aromatic rings. The zero-order valence-corrected chi connectivity index (χ0v) is 27.3. The van der Waals surface area contributed by atoms with E-state index in [1.54, 1.807) is 42.5 Å². The zero-order chi connectivity index (χ0) is 35.0. The van der Waals surface area contributed by atoms with Crippen LogP contribution in [0.25, 0.3) is 10.9 Å². The minimum Gasteiger partial charge on any atom is -0.491 e. The summed E-state index contributed by atoms with van der Waals surface area (Å²) >= 11 is 6.51. The number of carbonyl (C=O) groups is 1. The Balaban J connectivity index is 1.25. The molecular formula is C35H31ClF2N6O6. The highest BCUT2D eigenvalue weighted by Crippen LogP contribution is 2.35. The fourth-order valence-corrected chi connectivity index (χ4v) is 5.54. The van der Waals surface area contributed by atoms with E-state index in [2.05, 4.69) is 25.5 Å². The summed E-state index contributed by atoms with van der Waals surface area (Å²) in [5.41, 5.74) is 0.921. The summed E-state index contributed by atoms with van der Waals surface area (Å²) in [6.07, 6.45) is 2.05. The number of carbonyl (C=O) groups excluding carboxylic acids is 1. The topological polar surface area (TPSA) is 141 Å². The monoisotopic (exact) mass is 704 g/mol. The van der Waals surface area contributed by atoms with Gasteiger partial charge in [-0.3, -0.25) is 19.8 Å². The van der Waals surface area contributed by atoms with Gasteiger partial charge < -0.3 is 24.8 Å². The van der Waals surface area contributed by atoms with Gasteiger partial charge in [-0.2, -0.15) is 0 Å². The lowest BCUT2D eigenvalue weighted by Gasteiger charge is -2.26. The highest BCUT2D eigenvalue weighted by Gasteiger charge is 2.20. The number of halogens is 3. The second-order valence-electron chi connectivity index (χ2n) is 11.3. The van der Waals surface area contributed by atoms with Gasteiger partial charge >= 0.3 is 0 Å². The number of fused-ring (bicyclic) bond motifs is 1. The Morgan fingerprint density at radius 1 is 1.00 bits per heavy atom. The van der Waals surface area contributed by atoms with Gasteiger partial charge in [0.25, 0.3) is 11.6 Å². The van der Waals surface area contributed by atoms with E-state index in [1.807, 2.05) is 0 Å². The second kappa shape index (κ2) is 15.8. The number of morpholine rings is 1. The van der Waals surface area contributed by atoms with Crippen molar-refractivity contribution >= 4 is 51.3 Å². The number of benzene rings is 4. The van der Waals surface area contributed by atoms with E-state index in [-0.39, 0.29) is 23.9 Å². The van der Waals surface area contributed by atoms with Gasteiger partial charge in [0.2, 0.25) is 0 Å². The van der Waals surface area contributed by atoms with Crippen molar-refractivity contribution in [1.82, 2.24) is 14.9 Å². The van der Waals surface area contributed by atoms with Gasteiger partial charge in [0.1, 0.15) is 41.9 Å². The van der Waals surface area contributed by atoms with Crippen LogP contribution in [0.5, 0.6) is 11.5 Å². The molecule has 4 aromatic carbocycles. The van der Waals surface area contributed by atoms with Crippen LogP contribution in [0, 0.1) is 21.7 Å². The average molecular weight is 705 g/mol. The Labute approximate surface area is 290 Å². The van der Waals surface area contributed by atoms with Crippen LogP contribution in [0.2, 0.25) is 5.02 Å². The van der Waals surface area contributed by atoms with Gasteiger partial charge in [0, 0.05) is 48.9 Å². The fraction of sp³-hybridized carbons (Fsp3) is 0.229. The first kappa shape index (κ1) is 34.4. The van der Waals surface area contributed by atoms with Gasteiger partial charge in [-0.05, 0) is 54.4 Å². The number of hydrogen-bond acceptors (Lipinski definition) is 10. The van der Waals surface area contributed by atoms with Crippen LogP contribution < -0.4 is 20.1 Å². The fourth-order valence-electron chi connectivity index (χ4n) is 5.31. The molecule has 2 heterocycles. The molecule has 1 aliphatic rings. The number of aromatic nitrogens is 2. The first-order valence-electron chi connectivity index (χ1n) is 15.6. The predicted molar refractivity (Wildman–Crippen MR) is 183 cm³/mol. The zero-order valence-electron chi connectivity index (χ0n) is 26.5. The van der Waals surface area contributed by atoms with E-state index in [0.717, 1.165) is 37.8 Å². The van der Waals surface area contributed by atoms with Crippen LogP contribution >= 0.6 is 11.6 Å². The highest BCUT2D eigenvalue weighted by molar-refractivity contribution is 6.32. The molecule has 0 atom stereocenters. The molecule has 2 N–H and O–H groups in total. The Morgan fingerprint density at radius 3 is 2.62 bits per heavy atom. The minimum atomic E-state index is -0.923. The minimum absolute atomic E-state index is 0.118. The number of nitrogens with zero attached hydrogens (tertiary/aromatic N) is 4. The maximum absolute atomic E-state index is 14.7. The van der Waals surface area contributed by atoms with Crippen molar-refractivity contribution in [3.05, 3.63) is 117 Å². The molecule has 0 aliphatic carbocycles. The van der Waals surface area contributed by atoms with E-state index < -0.39 is 27.9 Å². The maximum Gasteiger partial charge on any atom is 0.270 e. The summed E-state index contributed by atoms with van der Waals surface area (Å²) in [4.78, 5) is 34.9. The number of nitrogens with one attached hydrogen (secondary N) is 2. The largest absolute Gasteiger partial charge is 0.491 e. The Bertz CT molecular complexity index is 2030. The number of ether oxygens (including phenoxy) is 3. The van der Waals surface area contributed by atoms with Crippen molar-refractivity contribution in [2.24, 2.45) is 0 Å². The molecule has 1 amide bonds. The Hall–Kier alpha value is -5.44. The molecule has 50 heavy (non-hydrogen) atoms. The number of nitro benzene ring substituents is 1. The molecule has 258 valence electrons. The standard InChI is InChI=1S/C35H31ClF2N6O6/c36-28-16-24(5-8-32(28)50-20-22-3-1-4-23(37)15-22)41-34-27-18-31(42-35(45)26-17-25(44(46)47)6-7-29(26)38)33(19-30(27)39-21-40-34)49-12-2-9-43-10-13-48-14-11-43/h1,3-8,15-19,21H,2,9-14,20H2,(H,42,45)(H,39,40,41). The first-order valence-corrected chi connectivity index (χ1v) is 16.0. The van der Waals surface area contributed by atoms with Gasteiger partial charge in [0.05, 0.1) is 46.5 Å². The lowest BCUT2D eigenvalue weighted by atomic mass is 10.1. The molecule has 12 nitrogen and oxygen atoms in total. The Kier molecular flexibility index (Phi) is 10.9. The van der Waals surface area contributed by atoms with Crippen molar-refractivity contribution in [2.45, 2.75) is 13.0 Å². The molecule has 0 spiro atoms. The normalized spacial score (nSPS) is 13.2. The third kappa shape index (κ3) is 8.58. The molecule has 15 heteroatoms. The van der Waals surface area contributed by atoms with Crippen molar-refractivity contribution < 1.29 is 32.7 Å². The van der Waals surface area contributed by atoms with Crippen LogP contribution in [0.1, 0.15) is 22.3 Å². The van der Waals surface area contributed by atoms with Gasteiger partial charge in [-0.1, -0.05) is 23.7 Å². The molecular weight excluding hydrogens is 674 g/mol. The van der Waals surface area contributed by atoms with E-state index in [0.29, 0.717) is 65.0 Å². The molecule has 1 aliphatic heterocycles. The number of amides is 1. The highest BCUT2D eigenvalue weighted by atomic mass is 35.5. The number of nitro groups is 1. The van der Waals surface area contributed by atoms with E-state index >= 15 is 0 Å². The van der Waals surface area contributed by atoms with Crippen LogP contribution in [0.15, 0.2) is 79.1 Å². The quantitative estimate of drug-likeness (QED) is 0.0738. The van der Waals surface area contributed by atoms with Crippen LogP contribution in [0.3, 0.4) is 0 Å². The predicted octanol–water partition coefficient (Wildman–Crippen LogP) is 7.15. The summed E-state index contributed by atoms with van der Waals surface area (Å²) < 4.78 is 45.5. The van der Waals surface area contributed by atoms with Gasteiger partial charge in [-0.25, -0.2) is 18.7 Å². The van der Waals surface area contributed by atoms with E-state index in [1.165, 1.54) is 18.5 Å². The summed E-state index contributed by atoms with van der Waals surface area (Å²) in [5, 5.41) is 17.9. The number of non-ortho nitro benzene ring substituents is 1. The summed E-state index contributed by atoms with van der Waals surface area (Å²) in [6.45, 7) is 4.21. The molecule has 1 saturated heterocycles. The molecule has 0 unspecified atom stereocenters. The number of rotatable bonds is 13. The van der Waals surface area contributed by atoms with Gasteiger partial charge in [-0.15, -0.1) is 0 Å². The van der Waals surface area contributed by atoms with Crippen molar-refractivity contribution in [2.75, 3.05) is 50.1 Å². The van der Waals surface area contributed by atoms with Crippen molar-refractivity contribution in [3.8, 4) is 11.5 Å². The number of anilines is 3. The second-order valence-corrected chi connectivity index (χ2v) is 11.7. The summed E-state index contributed by atoms with van der Waals surface area (Å²) in [7, 11) is 0. The molecule has 1 aromatic heterocycles. The molecule has 6 rings (SSSR count). The maximum atomic E-state index is 14.7. The van der Waals surface area contributed by atoms with Crippen LogP contribution in [-0.2, 0) is 11.3 Å². The van der Waals surface area contributed by atoms with Crippen molar-refractivity contribution in [3.63, 3.8) is 0 Å². The Morgan fingerprint density at radius 2 is 1.84 bits per heavy atom. The van der Waals surface area contributed by atoms with Crippen LogP contribution in [-0.4, -0.2) is 65.2 Å². The summed E-state index contributed by atoms with van der Waals surface area (Å²) in [5.74, 6) is -1.18.